The zero-order chi connectivity index (χ0) is 18.8. The molecular weight excluding hydrogens is 344 g/mol. The number of nitrogens with zero attached hydrogens (tertiary/aromatic N) is 4. The Balaban J connectivity index is 1.23. The van der Waals surface area contributed by atoms with Crippen molar-refractivity contribution in [3.63, 3.8) is 0 Å². The van der Waals surface area contributed by atoms with E-state index in [0.717, 1.165) is 31.6 Å². The topological polar surface area (TPSA) is 75.6 Å². The number of hydrogen-bond donors (Lipinski definition) is 0. The maximum absolute atomic E-state index is 12.6. The fraction of sp³-hybridized carbons (Fsp3) is 0.700. The Hall–Kier alpha value is -2.18. The highest BCUT2D eigenvalue weighted by molar-refractivity contribution is 5.89. The van der Waals surface area contributed by atoms with Gasteiger partial charge >= 0.3 is 0 Å². The zero-order valence-electron chi connectivity index (χ0n) is 16.0. The molecule has 4 rings (SSSR count). The lowest BCUT2D eigenvalue weighted by atomic mass is 9.83. The van der Waals surface area contributed by atoms with Gasteiger partial charge in [0.15, 0.2) is 0 Å². The standard InChI is InChI=1S/C20H28N4O3/c1-23-11-16(9-19(23)25)20(26)24-7-5-14(6-8-24)12-27-18-10-17(21-13-22-18)15-3-2-4-15/h10,13-16H,2-9,11-12H2,1H3. The summed E-state index contributed by atoms with van der Waals surface area (Å²) in [4.78, 5) is 36.5. The van der Waals surface area contributed by atoms with E-state index in [1.165, 1.54) is 19.3 Å². The van der Waals surface area contributed by atoms with E-state index in [1.807, 2.05) is 11.0 Å². The van der Waals surface area contributed by atoms with Gasteiger partial charge in [-0.2, -0.15) is 0 Å². The summed E-state index contributed by atoms with van der Waals surface area (Å²) in [6.07, 6.45) is 7.54. The Morgan fingerprint density at radius 2 is 2.00 bits per heavy atom. The predicted octanol–water partition coefficient (Wildman–Crippen LogP) is 1.84. The summed E-state index contributed by atoms with van der Waals surface area (Å²) in [6.45, 7) is 2.68. The molecule has 1 unspecified atom stereocenters. The molecule has 1 aliphatic carbocycles. The van der Waals surface area contributed by atoms with Crippen LogP contribution >= 0.6 is 0 Å². The largest absolute Gasteiger partial charge is 0.477 e. The normalized spacial score (nSPS) is 24.2. The minimum absolute atomic E-state index is 0.0720. The van der Waals surface area contributed by atoms with Crippen LogP contribution in [-0.4, -0.2) is 64.9 Å². The average Bonchev–Trinajstić information content (AvgIpc) is 2.98. The summed E-state index contributed by atoms with van der Waals surface area (Å²) in [7, 11) is 1.77. The van der Waals surface area contributed by atoms with Crippen molar-refractivity contribution in [1.82, 2.24) is 19.8 Å². The van der Waals surface area contributed by atoms with Gasteiger partial charge in [-0.25, -0.2) is 9.97 Å². The van der Waals surface area contributed by atoms with Crippen LogP contribution in [0.3, 0.4) is 0 Å². The van der Waals surface area contributed by atoms with Gasteiger partial charge in [-0.1, -0.05) is 6.42 Å². The van der Waals surface area contributed by atoms with Crippen molar-refractivity contribution in [1.29, 1.82) is 0 Å². The van der Waals surface area contributed by atoms with Crippen LogP contribution in [0.1, 0.15) is 50.1 Å². The van der Waals surface area contributed by atoms with Crippen LogP contribution in [0.2, 0.25) is 0 Å². The average molecular weight is 372 g/mol. The molecule has 2 saturated heterocycles. The van der Waals surface area contributed by atoms with Crippen LogP contribution in [0.25, 0.3) is 0 Å². The highest BCUT2D eigenvalue weighted by Crippen LogP contribution is 2.35. The van der Waals surface area contributed by atoms with Crippen LogP contribution in [0.15, 0.2) is 12.4 Å². The second kappa shape index (κ2) is 7.82. The van der Waals surface area contributed by atoms with Crippen molar-refractivity contribution in [3.8, 4) is 5.88 Å². The van der Waals surface area contributed by atoms with E-state index in [1.54, 1.807) is 18.3 Å². The molecule has 0 spiro atoms. The van der Waals surface area contributed by atoms with E-state index in [2.05, 4.69) is 9.97 Å². The summed E-state index contributed by atoms with van der Waals surface area (Å²) in [5.74, 6) is 1.71. The lowest BCUT2D eigenvalue weighted by molar-refractivity contribution is -0.137. The molecule has 3 aliphatic rings. The molecule has 7 heteroatoms. The molecule has 1 saturated carbocycles. The number of hydrogen-bond acceptors (Lipinski definition) is 5. The zero-order valence-corrected chi connectivity index (χ0v) is 16.0. The third-order valence-electron chi connectivity index (χ3n) is 6.27. The van der Waals surface area contributed by atoms with Crippen molar-refractivity contribution >= 4 is 11.8 Å². The van der Waals surface area contributed by atoms with Gasteiger partial charge in [0.2, 0.25) is 17.7 Å². The first-order valence-electron chi connectivity index (χ1n) is 10.1. The Labute approximate surface area is 160 Å². The minimum Gasteiger partial charge on any atom is -0.477 e. The molecule has 3 heterocycles. The summed E-state index contributed by atoms with van der Waals surface area (Å²) in [6, 6.07) is 1.98. The van der Waals surface area contributed by atoms with Crippen LogP contribution in [-0.2, 0) is 9.59 Å². The maximum atomic E-state index is 12.6. The first-order valence-corrected chi connectivity index (χ1v) is 10.1. The second-order valence-electron chi connectivity index (χ2n) is 8.16. The summed E-state index contributed by atoms with van der Waals surface area (Å²) in [5.41, 5.74) is 1.10. The van der Waals surface area contributed by atoms with Gasteiger partial charge in [0.25, 0.3) is 0 Å². The highest BCUT2D eigenvalue weighted by atomic mass is 16.5. The fourth-order valence-corrected chi connectivity index (χ4v) is 4.17. The molecule has 2 amide bonds. The molecule has 0 N–H and O–H groups in total. The third-order valence-corrected chi connectivity index (χ3v) is 6.27. The fourth-order valence-electron chi connectivity index (χ4n) is 4.17. The van der Waals surface area contributed by atoms with Gasteiger partial charge in [0.05, 0.1) is 18.2 Å². The molecule has 2 aliphatic heterocycles. The van der Waals surface area contributed by atoms with Gasteiger partial charge in [-0.15, -0.1) is 0 Å². The van der Waals surface area contributed by atoms with Crippen LogP contribution < -0.4 is 4.74 Å². The van der Waals surface area contributed by atoms with E-state index in [0.29, 0.717) is 37.3 Å². The molecule has 1 atom stereocenters. The number of ether oxygens (including phenoxy) is 1. The van der Waals surface area contributed by atoms with Crippen molar-refractivity contribution in [2.45, 2.75) is 44.4 Å². The molecule has 7 nitrogen and oxygen atoms in total. The lowest BCUT2D eigenvalue weighted by Gasteiger charge is -2.33. The first-order chi connectivity index (χ1) is 13.1. The number of amides is 2. The molecular formula is C20H28N4O3. The smallest absolute Gasteiger partial charge is 0.227 e. The number of rotatable bonds is 5. The number of piperidine rings is 1. The van der Waals surface area contributed by atoms with Gasteiger partial charge in [-0.05, 0) is 31.6 Å². The van der Waals surface area contributed by atoms with E-state index >= 15 is 0 Å². The molecule has 1 aromatic heterocycles. The molecule has 27 heavy (non-hydrogen) atoms. The minimum atomic E-state index is -0.166. The van der Waals surface area contributed by atoms with Gasteiger partial charge < -0.3 is 14.5 Å². The van der Waals surface area contributed by atoms with E-state index in [9.17, 15) is 9.59 Å². The van der Waals surface area contributed by atoms with Gasteiger partial charge in [0.1, 0.15) is 6.33 Å². The quantitative estimate of drug-likeness (QED) is 0.788. The Morgan fingerprint density at radius 3 is 2.63 bits per heavy atom. The molecule has 0 aromatic carbocycles. The van der Waals surface area contributed by atoms with Crippen molar-refractivity contribution in [2.24, 2.45) is 11.8 Å². The third kappa shape index (κ3) is 4.06. The predicted molar refractivity (Wildman–Crippen MR) is 99.2 cm³/mol. The van der Waals surface area contributed by atoms with Crippen molar-refractivity contribution in [2.75, 3.05) is 33.3 Å². The molecule has 1 aromatic rings. The number of carbonyl (C=O) groups excluding carboxylic acids is 2. The van der Waals surface area contributed by atoms with Gasteiger partial charge in [0, 0.05) is 45.1 Å². The monoisotopic (exact) mass is 372 g/mol. The molecule has 3 fully saturated rings. The Kier molecular flexibility index (Phi) is 5.27. The lowest BCUT2D eigenvalue weighted by Crippen LogP contribution is -2.43. The summed E-state index contributed by atoms with van der Waals surface area (Å²) >= 11 is 0. The second-order valence-corrected chi connectivity index (χ2v) is 8.16. The molecule has 0 bridgehead atoms. The van der Waals surface area contributed by atoms with Crippen LogP contribution in [0.5, 0.6) is 5.88 Å². The number of carbonyl (C=O) groups is 2. The first kappa shape index (κ1) is 18.2. The highest BCUT2D eigenvalue weighted by Gasteiger charge is 2.36. The molecule has 0 radical (unpaired) electrons. The van der Waals surface area contributed by atoms with Crippen molar-refractivity contribution < 1.29 is 14.3 Å². The number of likely N-dealkylation sites (tertiary alicyclic amines) is 2. The summed E-state index contributed by atoms with van der Waals surface area (Å²) in [5, 5.41) is 0. The number of aromatic nitrogens is 2. The van der Waals surface area contributed by atoms with E-state index in [-0.39, 0.29) is 17.7 Å². The Morgan fingerprint density at radius 1 is 1.22 bits per heavy atom. The maximum Gasteiger partial charge on any atom is 0.227 e. The SMILES string of the molecule is CN1CC(C(=O)N2CCC(COc3cc(C4CCC4)ncn3)CC2)CC1=O. The van der Waals surface area contributed by atoms with E-state index < -0.39 is 0 Å². The summed E-state index contributed by atoms with van der Waals surface area (Å²) < 4.78 is 5.92. The van der Waals surface area contributed by atoms with E-state index in [4.69, 9.17) is 4.74 Å². The van der Waals surface area contributed by atoms with Crippen molar-refractivity contribution in [3.05, 3.63) is 18.1 Å². The Bertz CT molecular complexity index is 698. The van der Waals surface area contributed by atoms with Crippen LogP contribution in [0.4, 0.5) is 0 Å². The molecule has 146 valence electrons. The van der Waals surface area contributed by atoms with Gasteiger partial charge in [-0.3, -0.25) is 9.59 Å². The van der Waals surface area contributed by atoms with Crippen LogP contribution in [0, 0.1) is 11.8 Å².